The predicted molar refractivity (Wildman–Crippen MR) is 122 cm³/mol. The van der Waals surface area contributed by atoms with Crippen LogP contribution in [0.5, 0.6) is 0 Å². The van der Waals surface area contributed by atoms with Crippen molar-refractivity contribution < 1.29 is 35.9 Å². The second kappa shape index (κ2) is 11.3. The molecule has 3 rings (SSSR count). The van der Waals surface area contributed by atoms with Gasteiger partial charge in [0.25, 0.3) is 0 Å². The van der Waals surface area contributed by atoms with Crippen molar-refractivity contribution in [2.45, 2.75) is 49.8 Å². The van der Waals surface area contributed by atoms with Gasteiger partial charge in [0.2, 0.25) is 0 Å². The van der Waals surface area contributed by atoms with Gasteiger partial charge < -0.3 is 20.7 Å². The molecule has 1 heterocycles. The molecule has 2 aromatic rings. The van der Waals surface area contributed by atoms with Crippen LogP contribution in [-0.4, -0.2) is 31.2 Å². The second-order valence-corrected chi connectivity index (χ2v) is 8.91. The molecule has 2 aromatic carbocycles. The zero-order valence-electron chi connectivity index (χ0n) is 19.3. The number of piperidine rings is 1. The summed E-state index contributed by atoms with van der Waals surface area (Å²) in [5, 5.41) is 8.59. The topological polar surface area (TPSA) is 62.4 Å². The summed E-state index contributed by atoms with van der Waals surface area (Å²) in [4.78, 5) is 11.8. The standard InChI is InChI=1S/C24H26ClF6N3O2/c1-15(16-9-18(23(26,27)28)11-19(10-16)24(29,30)31)36-13-22(17-5-3-2-4-6-17)8-7-20(12-33-22)34-21(35)32-14-25/h2-6,9-11,15,20,33H,7-8,12-14H2,1H3,(H2,32,34,35)/t15-,20+,22-/m1/s1. The van der Waals surface area contributed by atoms with E-state index in [9.17, 15) is 31.1 Å². The molecule has 1 fully saturated rings. The zero-order chi connectivity index (χ0) is 26.6. The highest BCUT2D eigenvalue weighted by Gasteiger charge is 2.39. The van der Waals surface area contributed by atoms with Gasteiger partial charge in [-0.2, -0.15) is 26.3 Å². The van der Waals surface area contributed by atoms with Crippen molar-refractivity contribution in [2.24, 2.45) is 0 Å². The van der Waals surface area contributed by atoms with Crippen LogP contribution in [0.25, 0.3) is 0 Å². The Hall–Kier alpha value is -2.50. The molecule has 0 bridgehead atoms. The molecule has 0 spiro atoms. The average Bonchev–Trinajstić information content (AvgIpc) is 2.83. The fraction of sp³-hybridized carbons (Fsp3) is 0.458. The normalized spacial score (nSPS) is 21.6. The van der Waals surface area contributed by atoms with Gasteiger partial charge in [-0.15, -0.1) is 11.6 Å². The van der Waals surface area contributed by atoms with E-state index in [4.69, 9.17) is 16.3 Å². The fourth-order valence-electron chi connectivity index (χ4n) is 4.14. The highest BCUT2D eigenvalue weighted by atomic mass is 35.5. The van der Waals surface area contributed by atoms with E-state index in [-0.39, 0.29) is 30.3 Å². The molecule has 0 radical (unpaired) electrons. The lowest BCUT2D eigenvalue weighted by molar-refractivity contribution is -0.143. The van der Waals surface area contributed by atoms with Crippen molar-refractivity contribution in [2.75, 3.05) is 19.2 Å². The van der Waals surface area contributed by atoms with E-state index in [0.29, 0.717) is 31.5 Å². The van der Waals surface area contributed by atoms with Crippen molar-refractivity contribution in [1.82, 2.24) is 16.0 Å². The minimum Gasteiger partial charge on any atom is -0.372 e. The number of amides is 2. The summed E-state index contributed by atoms with van der Waals surface area (Å²) in [6, 6.07) is 9.98. The van der Waals surface area contributed by atoms with Crippen LogP contribution in [0.4, 0.5) is 31.1 Å². The van der Waals surface area contributed by atoms with E-state index >= 15 is 0 Å². The highest BCUT2D eigenvalue weighted by molar-refractivity contribution is 6.18. The molecule has 0 aromatic heterocycles. The van der Waals surface area contributed by atoms with Crippen LogP contribution >= 0.6 is 11.6 Å². The van der Waals surface area contributed by atoms with E-state index in [1.807, 2.05) is 30.3 Å². The summed E-state index contributed by atoms with van der Waals surface area (Å²) in [5.41, 5.74) is -2.92. The van der Waals surface area contributed by atoms with E-state index in [1.54, 1.807) is 0 Å². The number of hydrogen-bond acceptors (Lipinski definition) is 3. The first kappa shape index (κ1) is 28.1. The molecule has 12 heteroatoms. The lowest BCUT2D eigenvalue weighted by Gasteiger charge is -2.42. The van der Waals surface area contributed by atoms with Crippen LogP contribution in [0.15, 0.2) is 48.5 Å². The van der Waals surface area contributed by atoms with Gasteiger partial charge in [-0.1, -0.05) is 30.3 Å². The van der Waals surface area contributed by atoms with E-state index < -0.39 is 41.2 Å². The third kappa shape index (κ3) is 7.04. The van der Waals surface area contributed by atoms with Gasteiger partial charge in [0.05, 0.1) is 35.4 Å². The summed E-state index contributed by atoms with van der Waals surface area (Å²) < 4.78 is 85.5. The molecule has 2 amide bonds. The Kier molecular flexibility index (Phi) is 8.79. The number of carbonyl (C=O) groups is 1. The van der Waals surface area contributed by atoms with Crippen LogP contribution in [0.1, 0.15) is 48.1 Å². The smallest absolute Gasteiger partial charge is 0.372 e. The number of benzene rings is 2. The molecule has 3 N–H and O–H groups in total. The molecule has 1 aliphatic heterocycles. The lowest BCUT2D eigenvalue weighted by Crippen LogP contribution is -2.58. The minimum absolute atomic E-state index is 0.0175. The quantitative estimate of drug-likeness (QED) is 0.232. The Balaban J connectivity index is 1.80. The van der Waals surface area contributed by atoms with E-state index in [0.717, 1.165) is 5.56 Å². The largest absolute Gasteiger partial charge is 0.416 e. The molecule has 1 saturated heterocycles. The van der Waals surface area contributed by atoms with Crippen molar-refractivity contribution in [3.8, 4) is 0 Å². The summed E-state index contributed by atoms with van der Waals surface area (Å²) in [7, 11) is 0. The summed E-state index contributed by atoms with van der Waals surface area (Å²) >= 11 is 5.50. The Morgan fingerprint density at radius 1 is 1.11 bits per heavy atom. The number of nitrogens with one attached hydrogen (secondary N) is 3. The maximum atomic E-state index is 13.3. The van der Waals surface area contributed by atoms with Crippen molar-refractivity contribution in [3.63, 3.8) is 0 Å². The maximum Gasteiger partial charge on any atom is 0.416 e. The second-order valence-electron chi connectivity index (χ2n) is 8.64. The third-order valence-electron chi connectivity index (χ3n) is 6.15. The minimum atomic E-state index is -4.94. The van der Waals surface area contributed by atoms with Crippen LogP contribution in [-0.2, 0) is 22.6 Å². The van der Waals surface area contributed by atoms with Crippen LogP contribution in [0, 0.1) is 0 Å². The lowest BCUT2D eigenvalue weighted by atomic mass is 9.81. The number of carbonyl (C=O) groups excluding carboxylic acids is 1. The maximum absolute atomic E-state index is 13.3. The molecular formula is C24H26ClF6N3O2. The number of rotatable bonds is 7. The van der Waals surface area contributed by atoms with Gasteiger partial charge in [-0.05, 0) is 49.1 Å². The van der Waals surface area contributed by atoms with E-state index in [2.05, 4.69) is 16.0 Å². The molecule has 198 valence electrons. The summed E-state index contributed by atoms with van der Waals surface area (Å²) in [5.74, 6) is 0. The Morgan fingerprint density at radius 3 is 2.22 bits per heavy atom. The fourth-order valence-corrected chi connectivity index (χ4v) is 4.26. The molecule has 5 nitrogen and oxygen atoms in total. The molecule has 1 aliphatic rings. The number of hydrogen-bond donors (Lipinski definition) is 3. The third-order valence-corrected chi connectivity index (χ3v) is 6.29. The number of alkyl halides is 7. The van der Waals surface area contributed by atoms with Gasteiger partial charge >= 0.3 is 18.4 Å². The zero-order valence-corrected chi connectivity index (χ0v) is 20.0. The number of ether oxygens (including phenoxy) is 1. The van der Waals surface area contributed by atoms with Crippen molar-refractivity contribution >= 4 is 17.6 Å². The monoisotopic (exact) mass is 537 g/mol. The Labute approximate surface area is 209 Å². The predicted octanol–water partition coefficient (Wildman–Crippen LogP) is 5.94. The number of urea groups is 1. The highest BCUT2D eigenvalue weighted by Crippen LogP contribution is 2.39. The first-order chi connectivity index (χ1) is 16.8. The van der Waals surface area contributed by atoms with Gasteiger partial charge in [0, 0.05) is 12.6 Å². The van der Waals surface area contributed by atoms with Crippen molar-refractivity contribution in [1.29, 1.82) is 0 Å². The summed E-state index contributed by atoms with van der Waals surface area (Å²) in [6.07, 6.45) is -9.89. The molecular weight excluding hydrogens is 512 g/mol. The van der Waals surface area contributed by atoms with Crippen LogP contribution in [0.2, 0.25) is 0 Å². The molecule has 36 heavy (non-hydrogen) atoms. The first-order valence-electron chi connectivity index (χ1n) is 11.2. The molecule has 3 atom stereocenters. The van der Waals surface area contributed by atoms with Crippen LogP contribution in [0.3, 0.4) is 0 Å². The SMILES string of the molecule is C[C@@H](OC[C@@]1(c2ccccc2)CC[C@H](NC(=O)NCCl)CN1)c1cc(C(F)(F)F)cc(C(F)(F)F)c1. The number of halogens is 7. The molecule has 0 unspecified atom stereocenters. The average molecular weight is 538 g/mol. The van der Waals surface area contributed by atoms with Gasteiger partial charge in [-0.3, -0.25) is 0 Å². The van der Waals surface area contributed by atoms with Gasteiger partial charge in [-0.25, -0.2) is 4.79 Å². The first-order valence-corrected chi connectivity index (χ1v) is 11.7. The van der Waals surface area contributed by atoms with E-state index in [1.165, 1.54) is 6.92 Å². The van der Waals surface area contributed by atoms with Crippen LogP contribution < -0.4 is 16.0 Å². The van der Waals surface area contributed by atoms with Crippen molar-refractivity contribution in [3.05, 3.63) is 70.8 Å². The Bertz CT molecular complexity index is 992. The molecule has 0 aliphatic carbocycles. The van der Waals surface area contributed by atoms with Gasteiger partial charge in [0.15, 0.2) is 0 Å². The summed E-state index contributed by atoms with van der Waals surface area (Å²) in [6.45, 7) is 1.76. The Morgan fingerprint density at radius 2 is 1.72 bits per heavy atom. The van der Waals surface area contributed by atoms with Gasteiger partial charge in [0.1, 0.15) is 0 Å². The molecule has 0 saturated carbocycles.